The number of rotatable bonds is 7. The molecule has 1 aromatic carbocycles. The van der Waals surface area contributed by atoms with Gasteiger partial charge in [-0.3, -0.25) is 4.79 Å². The summed E-state index contributed by atoms with van der Waals surface area (Å²) in [5.74, 6) is 0.235. The molecule has 0 spiro atoms. The molecule has 0 aliphatic heterocycles. The van der Waals surface area contributed by atoms with E-state index in [4.69, 9.17) is 0 Å². The van der Waals surface area contributed by atoms with E-state index in [0.29, 0.717) is 11.6 Å². The zero-order valence-corrected chi connectivity index (χ0v) is 13.8. The standard InChI is InChI=1S/C17H23N5O/c1-13-7-4-5-8-14(13)20-16(23)15-9-11-19-17(21-15)18-10-6-12-22(2)3/h4-5,7-9,11H,6,10,12H2,1-3H3,(H,20,23)(H,18,19,21). The van der Waals surface area contributed by atoms with Crippen LogP contribution in [0.1, 0.15) is 22.5 Å². The van der Waals surface area contributed by atoms with Gasteiger partial charge < -0.3 is 15.5 Å². The van der Waals surface area contributed by atoms with Crippen molar-refractivity contribution >= 4 is 17.5 Å². The summed E-state index contributed by atoms with van der Waals surface area (Å²) >= 11 is 0. The van der Waals surface area contributed by atoms with Crippen LogP contribution in [0.15, 0.2) is 36.5 Å². The highest BCUT2D eigenvalue weighted by atomic mass is 16.1. The molecule has 1 amide bonds. The van der Waals surface area contributed by atoms with Crippen LogP contribution >= 0.6 is 0 Å². The van der Waals surface area contributed by atoms with E-state index >= 15 is 0 Å². The Balaban J connectivity index is 1.96. The van der Waals surface area contributed by atoms with Gasteiger partial charge in [0.05, 0.1) is 0 Å². The van der Waals surface area contributed by atoms with Crippen molar-refractivity contribution in [3.05, 3.63) is 47.8 Å². The van der Waals surface area contributed by atoms with Crippen molar-refractivity contribution in [3.8, 4) is 0 Å². The lowest BCUT2D eigenvalue weighted by Gasteiger charge is -2.10. The van der Waals surface area contributed by atoms with Gasteiger partial charge in [-0.05, 0) is 51.7 Å². The monoisotopic (exact) mass is 313 g/mol. The van der Waals surface area contributed by atoms with Crippen molar-refractivity contribution in [2.45, 2.75) is 13.3 Å². The molecular weight excluding hydrogens is 290 g/mol. The van der Waals surface area contributed by atoms with Crippen LogP contribution in [-0.4, -0.2) is 48.0 Å². The van der Waals surface area contributed by atoms with Gasteiger partial charge in [-0.1, -0.05) is 18.2 Å². The minimum atomic E-state index is -0.238. The SMILES string of the molecule is Cc1ccccc1NC(=O)c1ccnc(NCCCN(C)C)n1. The fourth-order valence-corrected chi connectivity index (χ4v) is 2.07. The van der Waals surface area contributed by atoms with E-state index < -0.39 is 0 Å². The molecule has 0 aliphatic rings. The van der Waals surface area contributed by atoms with E-state index in [-0.39, 0.29) is 5.91 Å². The molecule has 2 aromatic rings. The van der Waals surface area contributed by atoms with Crippen molar-refractivity contribution in [2.24, 2.45) is 0 Å². The first-order valence-electron chi connectivity index (χ1n) is 7.65. The van der Waals surface area contributed by atoms with E-state index in [1.54, 1.807) is 12.3 Å². The van der Waals surface area contributed by atoms with Crippen molar-refractivity contribution < 1.29 is 4.79 Å². The maximum Gasteiger partial charge on any atom is 0.274 e. The summed E-state index contributed by atoms with van der Waals surface area (Å²) in [7, 11) is 4.07. The minimum absolute atomic E-state index is 0.238. The number of nitrogens with one attached hydrogen (secondary N) is 2. The highest BCUT2D eigenvalue weighted by Crippen LogP contribution is 2.14. The molecule has 0 bridgehead atoms. The maximum atomic E-state index is 12.3. The number of hydrogen-bond acceptors (Lipinski definition) is 5. The number of aromatic nitrogens is 2. The summed E-state index contributed by atoms with van der Waals surface area (Å²) in [4.78, 5) is 22.8. The van der Waals surface area contributed by atoms with Crippen LogP contribution < -0.4 is 10.6 Å². The van der Waals surface area contributed by atoms with Crippen molar-refractivity contribution in [1.82, 2.24) is 14.9 Å². The summed E-state index contributed by atoms with van der Waals surface area (Å²) in [6.07, 6.45) is 2.57. The van der Waals surface area contributed by atoms with E-state index in [0.717, 1.165) is 30.8 Å². The van der Waals surface area contributed by atoms with Crippen LogP contribution in [0.25, 0.3) is 0 Å². The first-order valence-corrected chi connectivity index (χ1v) is 7.65. The normalized spacial score (nSPS) is 10.6. The quantitative estimate of drug-likeness (QED) is 0.768. The van der Waals surface area contributed by atoms with E-state index in [1.807, 2.05) is 45.3 Å². The molecule has 23 heavy (non-hydrogen) atoms. The Morgan fingerprint density at radius 1 is 1.22 bits per heavy atom. The Morgan fingerprint density at radius 3 is 2.74 bits per heavy atom. The molecule has 0 atom stereocenters. The van der Waals surface area contributed by atoms with Gasteiger partial charge in [0, 0.05) is 18.4 Å². The van der Waals surface area contributed by atoms with Gasteiger partial charge in [0.2, 0.25) is 5.95 Å². The third-order valence-corrected chi connectivity index (χ3v) is 3.35. The highest BCUT2D eigenvalue weighted by molar-refractivity contribution is 6.03. The van der Waals surface area contributed by atoms with Crippen LogP contribution in [0.4, 0.5) is 11.6 Å². The maximum absolute atomic E-state index is 12.3. The fraction of sp³-hybridized carbons (Fsp3) is 0.353. The van der Waals surface area contributed by atoms with Gasteiger partial charge in [0.1, 0.15) is 5.69 Å². The smallest absolute Gasteiger partial charge is 0.274 e. The molecule has 0 saturated carbocycles. The van der Waals surface area contributed by atoms with Crippen molar-refractivity contribution in [2.75, 3.05) is 37.8 Å². The highest BCUT2D eigenvalue weighted by Gasteiger charge is 2.10. The van der Waals surface area contributed by atoms with Gasteiger partial charge in [-0.25, -0.2) is 9.97 Å². The predicted molar refractivity (Wildman–Crippen MR) is 92.8 cm³/mol. The minimum Gasteiger partial charge on any atom is -0.354 e. The van der Waals surface area contributed by atoms with Crippen LogP contribution in [0, 0.1) is 6.92 Å². The molecule has 0 fully saturated rings. The summed E-state index contributed by atoms with van der Waals surface area (Å²) < 4.78 is 0. The summed E-state index contributed by atoms with van der Waals surface area (Å²) in [5.41, 5.74) is 2.15. The summed E-state index contributed by atoms with van der Waals surface area (Å²) in [6.45, 7) is 3.70. The molecule has 0 radical (unpaired) electrons. The van der Waals surface area contributed by atoms with Gasteiger partial charge in [-0.2, -0.15) is 0 Å². The average Bonchev–Trinajstić information content (AvgIpc) is 2.54. The molecule has 2 N–H and O–H groups in total. The van der Waals surface area contributed by atoms with Crippen LogP contribution in [0.3, 0.4) is 0 Å². The van der Waals surface area contributed by atoms with Gasteiger partial charge >= 0.3 is 0 Å². The third kappa shape index (κ3) is 5.34. The Kier molecular flexibility index (Phi) is 6.05. The lowest BCUT2D eigenvalue weighted by atomic mass is 10.2. The predicted octanol–water partition coefficient (Wildman–Crippen LogP) is 2.40. The van der Waals surface area contributed by atoms with E-state index in [1.165, 1.54) is 0 Å². The Hall–Kier alpha value is -2.47. The lowest BCUT2D eigenvalue weighted by Crippen LogP contribution is -2.18. The molecule has 0 saturated heterocycles. The second-order valence-corrected chi connectivity index (χ2v) is 5.62. The largest absolute Gasteiger partial charge is 0.354 e. The Bertz CT molecular complexity index is 657. The van der Waals surface area contributed by atoms with Crippen LogP contribution in [0.5, 0.6) is 0 Å². The second-order valence-electron chi connectivity index (χ2n) is 5.62. The van der Waals surface area contributed by atoms with Crippen LogP contribution in [0.2, 0.25) is 0 Å². The Morgan fingerprint density at radius 2 is 2.00 bits per heavy atom. The molecule has 0 aliphatic carbocycles. The zero-order valence-electron chi connectivity index (χ0n) is 13.8. The number of aryl methyl sites for hydroxylation is 1. The number of nitrogens with zero attached hydrogens (tertiary/aromatic N) is 3. The number of amides is 1. The molecule has 6 heteroatoms. The number of anilines is 2. The first kappa shape index (κ1) is 16.9. The van der Waals surface area contributed by atoms with E-state index in [9.17, 15) is 4.79 Å². The van der Waals surface area contributed by atoms with Crippen molar-refractivity contribution in [1.29, 1.82) is 0 Å². The summed E-state index contributed by atoms with van der Waals surface area (Å²) in [6, 6.07) is 9.26. The molecule has 6 nitrogen and oxygen atoms in total. The number of carbonyl (C=O) groups is 1. The topological polar surface area (TPSA) is 70.2 Å². The lowest BCUT2D eigenvalue weighted by molar-refractivity contribution is 0.102. The van der Waals surface area contributed by atoms with Gasteiger partial charge in [0.25, 0.3) is 5.91 Å². The Labute approximate surface area is 137 Å². The van der Waals surface area contributed by atoms with Gasteiger partial charge in [0.15, 0.2) is 0 Å². The molecule has 1 heterocycles. The van der Waals surface area contributed by atoms with Gasteiger partial charge in [-0.15, -0.1) is 0 Å². The summed E-state index contributed by atoms with van der Waals surface area (Å²) in [5, 5.41) is 6.01. The molecule has 1 aromatic heterocycles. The third-order valence-electron chi connectivity index (χ3n) is 3.35. The van der Waals surface area contributed by atoms with E-state index in [2.05, 4.69) is 25.5 Å². The molecule has 0 unspecified atom stereocenters. The van der Waals surface area contributed by atoms with Crippen LogP contribution in [-0.2, 0) is 0 Å². The second kappa shape index (κ2) is 8.24. The fourth-order valence-electron chi connectivity index (χ4n) is 2.07. The average molecular weight is 313 g/mol. The number of carbonyl (C=O) groups excluding carboxylic acids is 1. The first-order chi connectivity index (χ1) is 11.1. The molecule has 122 valence electrons. The molecular formula is C17H23N5O. The number of hydrogen-bond donors (Lipinski definition) is 2. The number of para-hydroxylation sites is 1. The van der Waals surface area contributed by atoms with Crippen molar-refractivity contribution in [3.63, 3.8) is 0 Å². The number of benzene rings is 1. The zero-order chi connectivity index (χ0) is 16.7. The molecule has 2 rings (SSSR count).